The predicted molar refractivity (Wildman–Crippen MR) is 100 cm³/mol. The van der Waals surface area contributed by atoms with E-state index in [1.807, 2.05) is 0 Å². The van der Waals surface area contributed by atoms with Crippen molar-refractivity contribution in [3.05, 3.63) is 0 Å². The molecule has 1 saturated carbocycles. The highest BCUT2D eigenvalue weighted by atomic mass is 16.2. The number of nitrogens with one attached hydrogen (secondary N) is 2. The van der Waals surface area contributed by atoms with Crippen LogP contribution in [0.15, 0.2) is 0 Å². The summed E-state index contributed by atoms with van der Waals surface area (Å²) in [6.45, 7) is 11.5. The highest BCUT2D eigenvalue weighted by molar-refractivity contribution is 5.74. The number of carbonyl (C=O) groups is 1. The molecule has 2 aliphatic rings. The Hall–Kier alpha value is -0.810. The summed E-state index contributed by atoms with van der Waals surface area (Å²) in [5.41, 5.74) is 0. The Morgan fingerprint density at radius 1 is 1.17 bits per heavy atom. The molecule has 1 atom stereocenters. The lowest BCUT2D eigenvalue weighted by Gasteiger charge is -2.40. The van der Waals surface area contributed by atoms with Crippen molar-refractivity contribution in [3.63, 3.8) is 0 Å². The van der Waals surface area contributed by atoms with E-state index in [-0.39, 0.29) is 6.03 Å². The van der Waals surface area contributed by atoms with Crippen LogP contribution >= 0.6 is 0 Å². The van der Waals surface area contributed by atoms with Crippen LogP contribution in [-0.2, 0) is 0 Å². The van der Waals surface area contributed by atoms with E-state index in [1.54, 1.807) is 0 Å². The molecule has 5 nitrogen and oxygen atoms in total. The number of nitrogens with zero attached hydrogens (tertiary/aromatic N) is 2. The smallest absolute Gasteiger partial charge is 0.315 e. The number of amides is 2. The van der Waals surface area contributed by atoms with Gasteiger partial charge in [0, 0.05) is 37.8 Å². The van der Waals surface area contributed by atoms with Crippen molar-refractivity contribution in [2.24, 2.45) is 0 Å². The van der Waals surface area contributed by atoms with Gasteiger partial charge in [0.2, 0.25) is 0 Å². The summed E-state index contributed by atoms with van der Waals surface area (Å²) in [6, 6.07) is 1.61. The topological polar surface area (TPSA) is 47.6 Å². The average molecular weight is 339 g/mol. The van der Waals surface area contributed by atoms with Gasteiger partial charge in [0.1, 0.15) is 0 Å². The minimum atomic E-state index is 0.00491. The van der Waals surface area contributed by atoms with Crippen molar-refractivity contribution in [2.45, 2.75) is 83.8 Å². The van der Waals surface area contributed by atoms with Crippen LogP contribution < -0.4 is 10.6 Å². The number of piperidine rings is 1. The van der Waals surface area contributed by atoms with Crippen molar-refractivity contribution in [1.82, 2.24) is 20.4 Å². The fourth-order valence-electron chi connectivity index (χ4n) is 4.23. The zero-order valence-electron chi connectivity index (χ0n) is 16.0. The molecule has 1 aliphatic carbocycles. The summed E-state index contributed by atoms with van der Waals surface area (Å²) < 4.78 is 0. The first-order valence-electron chi connectivity index (χ1n) is 10.1. The first kappa shape index (κ1) is 19.5. The van der Waals surface area contributed by atoms with Crippen LogP contribution in [0.5, 0.6) is 0 Å². The lowest BCUT2D eigenvalue weighted by Crippen LogP contribution is -2.53. The third-order valence-corrected chi connectivity index (χ3v) is 5.70. The SMILES string of the molecule is CCN(CCNC(=O)NC1CCCN(C2CCCCC2)C1)C(C)C. The van der Waals surface area contributed by atoms with E-state index in [0.717, 1.165) is 38.6 Å². The van der Waals surface area contributed by atoms with Crippen molar-refractivity contribution in [3.8, 4) is 0 Å². The number of carbonyl (C=O) groups excluding carboxylic acids is 1. The van der Waals surface area contributed by atoms with Gasteiger partial charge >= 0.3 is 6.03 Å². The molecule has 0 bridgehead atoms. The zero-order valence-corrected chi connectivity index (χ0v) is 16.0. The largest absolute Gasteiger partial charge is 0.337 e. The van der Waals surface area contributed by atoms with Crippen molar-refractivity contribution in [1.29, 1.82) is 0 Å². The van der Waals surface area contributed by atoms with Crippen LogP contribution in [0.4, 0.5) is 4.79 Å². The summed E-state index contributed by atoms with van der Waals surface area (Å²) in [7, 11) is 0. The maximum absolute atomic E-state index is 12.2. The van der Waals surface area contributed by atoms with Gasteiger partial charge in [-0.1, -0.05) is 26.2 Å². The van der Waals surface area contributed by atoms with Crippen LogP contribution in [-0.4, -0.2) is 66.7 Å². The van der Waals surface area contributed by atoms with Gasteiger partial charge in [-0.3, -0.25) is 9.80 Å². The summed E-state index contributed by atoms with van der Waals surface area (Å²) in [5.74, 6) is 0. The van der Waals surface area contributed by atoms with Crippen LogP contribution in [0.1, 0.15) is 65.7 Å². The lowest BCUT2D eigenvalue weighted by atomic mass is 9.92. The fourth-order valence-corrected chi connectivity index (χ4v) is 4.23. The predicted octanol–water partition coefficient (Wildman–Crippen LogP) is 2.81. The van der Waals surface area contributed by atoms with Crippen molar-refractivity contribution < 1.29 is 4.79 Å². The van der Waals surface area contributed by atoms with E-state index >= 15 is 0 Å². The lowest BCUT2D eigenvalue weighted by molar-refractivity contribution is 0.112. The molecule has 2 N–H and O–H groups in total. The summed E-state index contributed by atoms with van der Waals surface area (Å²) >= 11 is 0. The standard InChI is InChI=1S/C19H38N4O/c1-4-22(16(2)3)14-12-20-19(24)21-17-9-8-13-23(15-17)18-10-6-5-7-11-18/h16-18H,4-15H2,1-3H3,(H2,20,21,24). The normalized spacial score (nSPS) is 23.6. The van der Waals surface area contributed by atoms with E-state index in [1.165, 1.54) is 45.1 Å². The van der Waals surface area contributed by atoms with Gasteiger partial charge < -0.3 is 10.6 Å². The second kappa shape index (κ2) is 10.2. The zero-order chi connectivity index (χ0) is 17.4. The molecule has 2 fully saturated rings. The average Bonchev–Trinajstić information content (AvgIpc) is 2.59. The van der Waals surface area contributed by atoms with E-state index in [4.69, 9.17) is 0 Å². The Kier molecular flexibility index (Phi) is 8.33. The maximum atomic E-state index is 12.2. The Morgan fingerprint density at radius 2 is 1.92 bits per heavy atom. The Labute approximate surface area is 148 Å². The number of rotatable bonds is 7. The third kappa shape index (κ3) is 6.25. The van der Waals surface area contributed by atoms with Gasteiger partial charge in [0.25, 0.3) is 0 Å². The molecule has 0 spiro atoms. The molecule has 1 unspecified atom stereocenters. The fraction of sp³-hybridized carbons (Fsp3) is 0.947. The first-order chi connectivity index (χ1) is 11.6. The summed E-state index contributed by atoms with van der Waals surface area (Å²) in [4.78, 5) is 17.2. The Morgan fingerprint density at radius 3 is 2.58 bits per heavy atom. The second-order valence-corrected chi connectivity index (χ2v) is 7.75. The van der Waals surface area contributed by atoms with Crippen molar-refractivity contribution in [2.75, 3.05) is 32.7 Å². The number of hydrogen-bond donors (Lipinski definition) is 2. The highest BCUT2D eigenvalue weighted by Crippen LogP contribution is 2.25. The van der Waals surface area contributed by atoms with Crippen LogP contribution in [0.25, 0.3) is 0 Å². The van der Waals surface area contributed by atoms with Crippen LogP contribution in [0.3, 0.4) is 0 Å². The molecule has 0 radical (unpaired) electrons. The molecule has 1 heterocycles. The van der Waals surface area contributed by atoms with Gasteiger partial charge in [-0.25, -0.2) is 4.79 Å². The number of likely N-dealkylation sites (N-methyl/N-ethyl adjacent to an activating group) is 1. The monoisotopic (exact) mass is 338 g/mol. The minimum Gasteiger partial charge on any atom is -0.337 e. The maximum Gasteiger partial charge on any atom is 0.315 e. The molecular weight excluding hydrogens is 300 g/mol. The molecule has 2 amide bonds. The van der Waals surface area contributed by atoms with E-state index in [0.29, 0.717) is 12.1 Å². The van der Waals surface area contributed by atoms with Gasteiger partial charge in [-0.05, 0) is 52.6 Å². The summed E-state index contributed by atoms with van der Waals surface area (Å²) in [6.07, 6.45) is 9.18. The van der Waals surface area contributed by atoms with Gasteiger partial charge in [-0.2, -0.15) is 0 Å². The number of urea groups is 1. The third-order valence-electron chi connectivity index (χ3n) is 5.70. The molecule has 24 heavy (non-hydrogen) atoms. The molecule has 0 aromatic carbocycles. The summed E-state index contributed by atoms with van der Waals surface area (Å²) in [5, 5.41) is 6.23. The van der Waals surface area contributed by atoms with Crippen molar-refractivity contribution >= 4 is 6.03 Å². The minimum absolute atomic E-state index is 0.00491. The molecule has 0 aromatic heterocycles. The number of likely N-dealkylation sites (tertiary alicyclic amines) is 1. The molecular formula is C19H38N4O. The molecule has 1 aliphatic heterocycles. The Balaban J connectivity index is 1.67. The van der Waals surface area contributed by atoms with E-state index in [2.05, 4.69) is 41.2 Å². The Bertz CT molecular complexity index is 368. The molecule has 140 valence electrons. The van der Waals surface area contributed by atoms with Gasteiger partial charge in [-0.15, -0.1) is 0 Å². The van der Waals surface area contributed by atoms with E-state index < -0.39 is 0 Å². The first-order valence-corrected chi connectivity index (χ1v) is 10.1. The molecule has 0 aromatic rings. The highest BCUT2D eigenvalue weighted by Gasteiger charge is 2.27. The van der Waals surface area contributed by atoms with Crippen LogP contribution in [0.2, 0.25) is 0 Å². The van der Waals surface area contributed by atoms with Gasteiger partial charge in [0.15, 0.2) is 0 Å². The molecule has 2 rings (SSSR count). The van der Waals surface area contributed by atoms with Crippen LogP contribution in [0, 0.1) is 0 Å². The van der Waals surface area contributed by atoms with Gasteiger partial charge in [0.05, 0.1) is 0 Å². The second-order valence-electron chi connectivity index (χ2n) is 7.75. The molecule has 1 saturated heterocycles. The van der Waals surface area contributed by atoms with E-state index in [9.17, 15) is 4.79 Å². The number of hydrogen-bond acceptors (Lipinski definition) is 3. The molecule has 5 heteroatoms. The quantitative estimate of drug-likeness (QED) is 0.750.